The number of amides is 1. The van der Waals surface area contributed by atoms with Crippen LogP contribution in [-0.2, 0) is 9.53 Å². The van der Waals surface area contributed by atoms with E-state index < -0.39 is 11.6 Å². The summed E-state index contributed by atoms with van der Waals surface area (Å²) in [7, 11) is 0. The third-order valence-electron chi connectivity index (χ3n) is 4.92. The molecule has 1 saturated carbocycles. The zero-order valence-electron chi connectivity index (χ0n) is 16.1. The summed E-state index contributed by atoms with van der Waals surface area (Å²) in [5, 5.41) is 3.01. The minimum atomic E-state index is -1.14. The molecule has 0 heterocycles. The van der Waals surface area contributed by atoms with Crippen LogP contribution in [0.15, 0.2) is 24.3 Å². The molecule has 1 fully saturated rings. The van der Waals surface area contributed by atoms with Crippen molar-refractivity contribution in [1.82, 2.24) is 5.32 Å². The standard InChI is InChI=1S/C21H31NO3/c1-15-11-13-16(14-12-15)18(23)25-21(5,17-9-7-6-8-10-17)19(24)22-20(2,3)4/h11-14,17H,6-10H2,1-5H3,(H,22,24). The molecule has 1 aliphatic carbocycles. The van der Waals surface area contributed by atoms with Crippen LogP contribution in [0.5, 0.6) is 0 Å². The third-order valence-corrected chi connectivity index (χ3v) is 4.92. The SMILES string of the molecule is Cc1ccc(C(=O)OC(C)(C(=O)NC(C)(C)C)C2CCCCC2)cc1. The summed E-state index contributed by atoms with van der Waals surface area (Å²) in [6.45, 7) is 9.56. The zero-order chi connectivity index (χ0) is 18.7. The maximum Gasteiger partial charge on any atom is 0.339 e. The predicted molar refractivity (Wildman–Crippen MR) is 99.5 cm³/mol. The molecule has 25 heavy (non-hydrogen) atoms. The number of hydrogen-bond acceptors (Lipinski definition) is 3. The quantitative estimate of drug-likeness (QED) is 0.823. The van der Waals surface area contributed by atoms with Crippen LogP contribution >= 0.6 is 0 Å². The molecule has 4 heteroatoms. The minimum Gasteiger partial charge on any atom is -0.445 e. The second-order valence-corrected chi connectivity index (χ2v) is 8.40. The molecule has 1 unspecified atom stereocenters. The van der Waals surface area contributed by atoms with Crippen LogP contribution in [0.25, 0.3) is 0 Å². The van der Waals surface area contributed by atoms with Crippen molar-refractivity contribution in [3.63, 3.8) is 0 Å². The molecule has 2 rings (SSSR count). The number of ether oxygens (including phenoxy) is 1. The molecule has 1 aromatic rings. The molecular weight excluding hydrogens is 314 g/mol. The number of nitrogens with one attached hydrogen (secondary N) is 1. The molecular formula is C21H31NO3. The highest BCUT2D eigenvalue weighted by atomic mass is 16.6. The third kappa shape index (κ3) is 5.07. The molecule has 1 aromatic carbocycles. The molecule has 1 atom stereocenters. The van der Waals surface area contributed by atoms with Crippen molar-refractivity contribution in [2.45, 2.75) is 77.9 Å². The van der Waals surface area contributed by atoms with Crippen LogP contribution < -0.4 is 5.32 Å². The summed E-state index contributed by atoms with van der Waals surface area (Å²) in [4.78, 5) is 25.7. The van der Waals surface area contributed by atoms with Gasteiger partial charge < -0.3 is 10.1 Å². The van der Waals surface area contributed by atoms with Gasteiger partial charge in [-0.05, 0) is 59.6 Å². The van der Waals surface area contributed by atoms with Crippen LogP contribution in [0.1, 0.15) is 75.7 Å². The first-order valence-corrected chi connectivity index (χ1v) is 9.24. The highest BCUT2D eigenvalue weighted by molar-refractivity contribution is 5.94. The first-order chi connectivity index (χ1) is 11.6. The molecule has 138 valence electrons. The van der Waals surface area contributed by atoms with Crippen LogP contribution in [0.4, 0.5) is 0 Å². The predicted octanol–water partition coefficient (Wildman–Crippen LogP) is 4.41. The highest BCUT2D eigenvalue weighted by Crippen LogP contribution is 2.36. The average Bonchev–Trinajstić information content (AvgIpc) is 2.54. The summed E-state index contributed by atoms with van der Waals surface area (Å²) in [6, 6.07) is 7.26. The summed E-state index contributed by atoms with van der Waals surface area (Å²) in [5.41, 5.74) is 0.0483. The van der Waals surface area contributed by atoms with Crippen LogP contribution in [0, 0.1) is 12.8 Å². The molecule has 1 amide bonds. The van der Waals surface area contributed by atoms with Crippen LogP contribution in [0.3, 0.4) is 0 Å². The normalized spacial score (nSPS) is 18.3. The Balaban J connectivity index is 2.25. The van der Waals surface area contributed by atoms with Crippen LogP contribution in [0.2, 0.25) is 0 Å². The summed E-state index contributed by atoms with van der Waals surface area (Å²) in [5.74, 6) is -0.581. The molecule has 0 saturated heterocycles. The van der Waals surface area contributed by atoms with Gasteiger partial charge in [0.05, 0.1) is 5.56 Å². The van der Waals surface area contributed by atoms with Gasteiger partial charge >= 0.3 is 5.97 Å². The fourth-order valence-electron chi connectivity index (χ4n) is 3.37. The molecule has 0 aromatic heterocycles. The Morgan fingerprint density at radius 1 is 1.00 bits per heavy atom. The Bertz CT molecular complexity index is 609. The van der Waals surface area contributed by atoms with E-state index in [9.17, 15) is 9.59 Å². The van der Waals surface area contributed by atoms with E-state index in [2.05, 4.69) is 5.32 Å². The van der Waals surface area contributed by atoms with Gasteiger partial charge in [0.25, 0.3) is 5.91 Å². The maximum absolute atomic E-state index is 13.0. The number of carbonyl (C=O) groups excluding carboxylic acids is 2. The lowest BCUT2D eigenvalue weighted by atomic mass is 9.76. The highest BCUT2D eigenvalue weighted by Gasteiger charge is 2.46. The van der Waals surface area contributed by atoms with E-state index in [0.717, 1.165) is 31.2 Å². The van der Waals surface area contributed by atoms with Crippen molar-refractivity contribution in [2.75, 3.05) is 0 Å². The number of esters is 1. The Labute approximate surface area is 151 Å². The van der Waals surface area contributed by atoms with Crippen molar-refractivity contribution in [3.8, 4) is 0 Å². The summed E-state index contributed by atoms with van der Waals surface area (Å²) >= 11 is 0. The summed E-state index contributed by atoms with van der Waals surface area (Å²) < 4.78 is 5.86. The van der Waals surface area contributed by atoms with E-state index in [1.807, 2.05) is 39.8 Å². The zero-order valence-corrected chi connectivity index (χ0v) is 16.1. The number of rotatable bonds is 4. The lowest BCUT2D eigenvalue weighted by Crippen LogP contribution is -2.57. The number of carbonyl (C=O) groups is 2. The van der Waals surface area contributed by atoms with Gasteiger partial charge in [0.2, 0.25) is 0 Å². The number of hydrogen-bond donors (Lipinski definition) is 1. The van der Waals surface area contributed by atoms with Gasteiger partial charge in [-0.25, -0.2) is 4.79 Å². The van der Waals surface area contributed by atoms with E-state index in [0.29, 0.717) is 5.56 Å². The minimum absolute atomic E-state index is 0.0537. The number of benzene rings is 1. The first kappa shape index (κ1) is 19.5. The molecule has 0 aliphatic heterocycles. The fourth-order valence-corrected chi connectivity index (χ4v) is 3.37. The van der Waals surface area contributed by atoms with Gasteiger partial charge in [0, 0.05) is 11.5 Å². The van der Waals surface area contributed by atoms with Gasteiger partial charge in [0.1, 0.15) is 0 Å². The largest absolute Gasteiger partial charge is 0.445 e. The van der Waals surface area contributed by atoms with Crippen molar-refractivity contribution in [2.24, 2.45) is 5.92 Å². The first-order valence-electron chi connectivity index (χ1n) is 9.24. The Morgan fingerprint density at radius 3 is 2.08 bits per heavy atom. The molecule has 0 radical (unpaired) electrons. The van der Waals surface area contributed by atoms with Gasteiger partial charge in [-0.2, -0.15) is 0 Å². The van der Waals surface area contributed by atoms with E-state index in [4.69, 9.17) is 4.74 Å². The van der Waals surface area contributed by atoms with Gasteiger partial charge in [-0.1, -0.05) is 37.0 Å². The molecule has 0 bridgehead atoms. The molecule has 0 spiro atoms. The van der Waals surface area contributed by atoms with Crippen LogP contribution in [-0.4, -0.2) is 23.0 Å². The topological polar surface area (TPSA) is 55.4 Å². The van der Waals surface area contributed by atoms with Crippen molar-refractivity contribution >= 4 is 11.9 Å². The van der Waals surface area contributed by atoms with E-state index in [1.54, 1.807) is 19.1 Å². The Kier molecular flexibility index (Phi) is 5.91. The molecule has 4 nitrogen and oxygen atoms in total. The van der Waals surface area contributed by atoms with Crippen molar-refractivity contribution in [1.29, 1.82) is 0 Å². The summed E-state index contributed by atoms with van der Waals surface area (Å²) in [6.07, 6.45) is 5.15. The lowest BCUT2D eigenvalue weighted by molar-refractivity contribution is -0.148. The Hall–Kier alpha value is -1.84. The smallest absolute Gasteiger partial charge is 0.339 e. The monoisotopic (exact) mass is 345 g/mol. The van der Waals surface area contributed by atoms with Gasteiger partial charge in [-0.15, -0.1) is 0 Å². The average molecular weight is 345 g/mol. The van der Waals surface area contributed by atoms with Crippen molar-refractivity contribution < 1.29 is 14.3 Å². The molecule has 1 N–H and O–H groups in total. The van der Waals surface area contributed by atoms with Crippen molar-refractivity contribution in [3.05, 3.63) is 35.4 Å². The number of aryl methyl sites for hydroxylation is 1. The molecule has 1 aliphatic rings. The second-order valence-electron chi connectivity index (χ2n) is 8.40. The van der Waals surface area contributed by atoms with E-state index >= 15 is 0 Å². The van der Waals surface area contributed by atoms with Gasteiger partial charge in [-0.3, -0.25) is 4.79 Å². The fraction of sp³-hybridized carbons (Fsp3) is 0.619. The van der Waals surface area contributed by atoms with Gasteiger partial charge in [0.15, 0.2) is 5.60 Å². The van der Waals surface area contributed by atoms with E-state index in [1.165, 1.54) is 6.42 Å². The maximum atomic E-state index is 13.0. The van der Waals surface area contributed by atoms with E-state index in [-0.39, 0.29) is 17.4 Å². The second kappa shape index (κ2) is 7.59. The lowest BCUT2D eigenvalue weighted by Gasteiger charge is -2.39. The Morgan fingerprint density at radius 2 is 1.56 bits per heavy atom.